The Morgan fingerprint density at radius 1 is 0.397 bits per heavy atom. The Hall–Kier alpha value is -12.6. The monoisotopic (exact) mass is 1640 g/mol. The van der Waals surface area contributed by atoms with Crippen LogP contribution >= 0.6 is 0 Å². The van der Waals surface area contributed by atoms with Crippen LogP contribution in [0.5, 0.6) is 0 Å². The molecule has 4 amide bonds. The highest BCUT2D eigenvalue weighted by Crippen LogP contribution is 2.35. The number of carbonyl (C=O) groups excluding carboxylic acids is 4. The molecule has 24 heteroatoms. The van der Waals surface area contributed by atoms with Gasteiger partial charge in [-0.25, -0.2) is 8.99 Å². The molecule has 6 aliphatic rings. The summed E-state index contributed by atoms with van der Waals surface area (Å²) >= 11 is 0. The van der Waals surface area contributed by atoms with Gasteiger partial charge < -0.3 is 70.5 Å². The Bertz CT molecular complexity index is 5450. The van der Waals surface area contributed by atoms with Crippen LogP contribution in [0.2, 0.25) is 0 Å². The standard InChI is InChI=1S/C33H38N6O2.C32H38N6O2S.C32H37N5O2/c1-23-20-24(2)29(36-26-12-14-37(15-13-26)30-10-6-4-8-25(30)22-34)21-28(23)33(41)39-18-16-38(17-19-39)31-11-7-5-9-27(31)32(40)35-3;1-23-20-24(2)28(35-26-12-14-36(15-13-26)29-9-5-4-8-25(29)22-33)21-27(23)32(39)38-18-16-37(17-19-38)30-10-6-7-11-31(30)41(3,34)40;1-23-18-24(2)30(34-26-12-14-35(15-13-26)31-11-7-6-8-25(31)20-33)19-29(23)32(39)36-16-17-37(28(21-36)22-38)27-9-4-3-5-10-27/h4-11,20-21,26,36H,12-19H2,1-3H3,(H,35,40);4-11,20-21,26,34-35H,12-19H2,1-3H3;3-11,18-19,26,28,34,38H,12-17,21-22H2,1-2H3. The van der Waals surface area contributed by atoms with E-state index in [9.17, 15) is 44.3 Å². The predicted molar refractivity (Wildman–Crippen MR) is 486 cm³/mol. The van der Waals surface area contributed by atoms with Gasteiger partial charge in [-0.2, -0.15) is 15.8 Å². The molecule has 9 aromatic carbocycles. The van der Waals surface area contributed by atoms with E-state index in [1.54, 1.807) is 13.1 Å². The molecule has 6 heterocycles. The molecule has 2 atom stereocenters. The lowest BCUT2D eigenvalue weighted by atomic mass is 9.99. The van der Waals surface area contributed by atoms with Gasteiger partial charge in [0.05, 0.1) is 72.3 Å². The summed E-state index contributed by atoms with van der Waals surface area (Å²) in [6, 6.07) is 68.5. The van der Waals surface area contributed by atoms with E-state index >= 15 is 0 Å². The van der Waals surface area contributed by atoms with Gasteiger partial charge in [-0.1, -0.05) is 97.1 Å². The third-order valence-corrected chi connectivity index (χ3v) is 25.8. The van der Waals surface area contributed by atoms with E-state index in [2.05, 4.69) is 120 Å². The normalized spacial score (nSPS) is 17.1. The summed E-state index contributed by atoms with van der Waals surface area (Å²) in [5, 5.41) is 52.4. The lowest BCUT2D eigenvalue weighted by Crippen LogP contribution is -2.56. The van der Waals surface area contributed by atoms with Crippen molar-refractivity contribution in [2.45, 2.75) is 109 Å². The maximum absolute atomic E-state index is 13.7. The fraction of sp³-hybridized carbons (Fsp3) is 0.371. The molecule has 0 radical (unpaired) electrons. The summed E-state index contributed by atoms with van der Waals surface area (Å²) in [7, 11) is -1.21. The minimum atomic E-state index is -2.85. The van der Waals surface area contributed by atoms with E-state index in [-0.39, 0.29) is 36.3 Å². The van der Waals surface area contributed by atoms with E-state index in [4.69, 9.17) is 4.78 Å². The van der Waals surface area contributed by atoms with Crippen LogP contribution in [0.15, 0.2) is 193 Å². The zero-order valence-electron chi connectivity index (χ0n) is 70.9. The van der Waals surface area contributed by atoms with Crippen molar-refractivity contribution in [3.8, 4) is 18.2 Å². The second kappa shape index (κ2) is 39.5. The van der Waals surface area contributed by atoms with Gasteiger partial charge in [0.2, 0.25) is 0 Å². The zero-order valence-corrected chi connectivity index (χ0v) is 71.8. The molecule has 6 saturated heterocycles. The van der Waals surface area contributed by atoms with Crippen molar-refractivity contribution in [3.63, 3.8) is 0 Å². The van der Waals surface area contributed by atoms with Crippen LogP contribution in [0.4, 0.5) is 51.2 Å². The van der Waals surface area contributed by atoms with E-state index in [1.807, 2.05) is 187 Å². The van der Waals surface area contributed by atoms with Crippen LogP contribution in [0, 0.1) is 80.3 Å². The Morgan fingerprint density at radius 3 is 1.09 bits per heavy atom. The van der Waals surface area contributed by atoms with Crippen molar-refractivity contribution >= 4 is 84.5 Å². The fourth-order valence-electron chi connectivity index (χ4n) is 17.8. The SMILES string of the molecule is CNC(=O)c1ccccc1N1CCN(C(=O)c2cc(NC3CCN(c4ccccc4C#N)CC3)c(C)cc2C)CC1.Cc1cc(C)c(C(=O)N2CCN(c3ccccc3)C(CO)C2)cc1NC1CCN(c2ccccc2C#N)CC1.Cc1cc(C)c(C(=O)N2CCN(c3ccccc3S(C)(=N)=O)CC2)cc1NC1CCN(c2ccccc2C#N)CC1. The third kappa shape index (κ3) is 20.5. The highest BCUT2D eigenvalue weighted by atomic mass is 32.2. The molecule has 23 nitrogen and oxygen atoms in total. The predicted octanol–water partition coefficient (Wildman–Crippen LogP) is 14.4. The number of para-hydroxylation sites is 6. The molecule has 0 saturated carbocycles. The third-order valence-electron chi connectivity index (χ3n) is 24.6. The summed E-state index contributed by atoms with van der Waals surface area (Å²) in [5.41, 5.74) is 20.1. The van der Waals surface area contributed by atoms with Crippen LogP contribution in [0.1, 0.15) is 130 Å². The smallest absolute Gasteiger partial charge is 0.254 e. The van der Waals surface area contributed by atoms with Crippen LogP contribution in [-0.4, -0.2) is 203 Å². The van der Waals surface area contributed by atoms with E-state index < -0.39 is 9.73 Å². The number of hydrogen-bond donors (Lipinski definition) is 6. The molecule has 121 heavy (non-hydrogen) atoms. The van der Waals surface area contributed by atoms with Gasteiger partial charge in [0.25, 0.3) is 23.6 Å². The lowest BCUT2D eigenvalue weighted by molar-refractivity contribution is 0.0696. The first kappa shape index (κ1) is 86.3. The molecule has 9 aromatic rings. The number of nitrogens with one attached hydrogen (secondary N) is 5. The van der Waals surface area contributed by atoms with Crippen molar-refractivity contribution in [2.75, 3.05) is 177 Å². The van der Waals surface area contributed by atoms with Crippen molar-refractivity contribution in [2.24, 2.45) is 0 Å². The lowest BCUT2D eigenvalue weighted by Gasteiger charge is -2.42. The van der Waals surface area contributed by atoms with Gasteiger partial charge in [-0.3, -0.25) is 19.2 Å². The summed E-state index contributed by atoms with van der Waals surface area (Å²) in [5.74, 6) is -0.00868. The minimum Gasteiger partial charge on any atom is -0.394 e. The van der Waals surface area contributed by atoms with Gasteiger partial charge in [-0.15, -0.1) is 0 Å². The molecule has 628 valence electrons. The van der Waals surface area contributed by atoms with E-state index in [1.165, 1.54) is 6.26 Å². The molecular weight excluding hydrogens is 1530 g/mol. The zero-order chi connectivity index (χ0) is 85.4. The Kier molecular flexibility index (Phi) is 28.2. The van der Waals surface area contributed by atoms with Crippen LogP contribution < -0.4 is 50.7 Å². The summed E-state index contributed by atoms with van der Waals surface area (Å²) in [4.78, 5) is 73.1. The van der Waals surface area contributed by atoms with Gasteiger partial charge in [0.15, 0.2) is 0 Å². The second-order valence-electron chi connectivity index (χ2n) is 32.6. The average Bonchev–Trinajstić information content (AvgIpc) is 0.795. The first-order valence-electron chi connectivity index (χ1n) is 42.3. The van der Waals surface area contributed by atoms with Crippen molar-refractivity contribution < 1.29 is 28.5 Å². The van der Waals surface area contributed by atoms with E-state index in [0.29, 0.717) is 117 Å². The maximum Gasteiger partial charge on any atom is 0.254 e. The van der Waals surface area contributed by atoms with Crippen LogP contribution in [0.25, 0.3) is 0 Å². The number of hydrogen-bond acceptors (Lipinski definition) is 19. The molecular formula is C97H113N17O6S. The number of nitriles is 3. The van der Waals surface area contributed by atoms with Gasteiger partial charge in [0, 0.05) is 188 Å². The number of carbonyl (C=O) groups is 4. The summed E-state index contributed by atoms with van der Waals surface area (Å²) < 4.78 is 20.6. The Morgan fingerprint density at radius 2 is 0.719 bits per heavy atom. The number of anilines is 9. The number of nitrogens with zero attached hydrogens (tertiary/aromatic N) is 12. The minimum absolute atomic E-state index is 0.00407. The number of piperidine rings is 3. The van der Waals surface area contributed by atoms with Crippen molar-refractivity contribution in [3.05, 3.63) is 260 Å². The number of aliphatic hydroxyl groups is 1. The van der Waals surface area contributed by atoms with Gasteiger partial charge >= 0.3 is 0 Å². The summed E-state index contributed by atoms with van der Waals surface area (Å²) in [6.07, 6.45) is 7.16. The fourth-order valence-corrected chi connectivity index (χ4v) is 18.7. The molecule has 0 bridgehead atoms. The molecule has 0 aromatic heterocycles. The molecule has 6 fully saturated rings. The van der Waals surface area contributed by atoms with Crippen LogP contribution in [-0.2, 0) is 9.73 Å². The molecule has 0 spiro atoms. The van der Waals surface area contributed by atoms with Crippen molar-refractivity contribution in [1.82, 2.24) is 20.0 Å². The second-order valence-corrected chi connectivity index (χ2v) is 34.8. The Labute approximate surface area is 713 Å². The topological polar surface area (TPSA) is 278 Å². The van der Waals surface area contributed by atoms with Crippen molar-refractivity contribution in [1.29, 1.82) is 20.6 Å². The largest absolute Gasteiger partial charge is 0.394 e. The first-order chi connectivity index (χ1) is 58.5. The molecule has 15 rings (SSSR count). The highest BCUT2D eigenvalue weighted by molar-refractivity contribution is 7.91. The van der Waals surface area contributed by atoms with Crippen LogP contribution in [0.3, 0.4) is 0 Å². The highest BCUT2D eigenvalue weighted by Gasteiger charge is 2.34. The average molecular weight is 1650 g/mol. The number of amides is 4. The maximum atomic E-state index is 13.7. The number of benzene rings is 9. The Balaban J connectivity index is 0.000000157. The van der Waals surface area contributed by atoms with Gasteiger partial charge in [0.1, 0.15) is 18.2 Å². The number of rotatable bonds is 18. The number of piperazine rings is 3. The number of aryl methyl sites for hydroxylation is 6. The summed E-state index contributed by atoms with van der Waals surface area (Å²) in [6.45, 7) is 24.2. The number of aliphatic hydroxyl groups excluding tert-OH is 1. The molecule has 2 unspecified atom stereocenters. The molecule has 6 aliphatic heterocycles. The van der Waals surface area contributed by atoms with Gasteiger partial charge in [-0.05, 0) is 204 Å². The first-order valence-corrected chi connectivity index (χ1v) is 44.3. The quantitative estimate of drug-likeness (QED) is 0.0466. The molecule has 0 aliphatic carbocycles. The van der Waals surface area contributed by atoms with E-state index in [0.717, 1.165) is 179 Å². The molecule has 6 N–H and O–H groups in total.